The van der Waals surface area contributed by atoms with E-state index in [-0.39, 0.29) is 5.97 Å². The molecule has 0 bridgehead atoms. The van der Waals surface area contributed by atoms with Crippen LogP contribution in [0.25, 0.3) is 5.69 Å². The van der Waals surface area contributed by atoms with Gasteiger partial charge in [0.2, 0.25) is 0 Å². The number of ether oxygens (including phenoxy) is 1. The van der Waals surface area contributed by atoms with Crippen molar-refractivity contribution in [3.8, 4) is 5.69 Å². The number of carbonyl (C=O) groups is 1. The summed E-state index contributed by atoms with van der Waals surface area (Å²) < 4.78 is 6.91. The number of hydrogen-bond acceptors (Lipinski definition) is 4. The average Bonchev–Trinajstić information content (AvgIpc) is 3.01. The fraction of sp³-hybridized carbons (Fsp3) is 0.476. The summed E-state index contributed by atoms with van der Waals surface area (Å²) in [5, 5.41) is 11.1. The molecular formula is C21H31N5O2. The predicted molar refractivity (Wildman–Crippen MR) is 112 cm³/mol. The van der Waals surface area contributed by atoms with Crippen LogP contribution in [-0.4, -0.2) is 41.4 Å². The monoisotopic (exact) mass is 385 g/mol. The highest BCUT2D eigenvalue weighted by molar-refractivity contribution is 5.79. The third-order valence-corrected chi connectivity index (χ3v) is 4.14. The van der Waals surface area contributed by atoms with Crippen molar-refractivity contribution >= 4 is 11.9 Å². The predicted octanol–water partition coefficient (Wildman–Crippen LogP) is 2.89. The molecule has 0 spiro atoms. The second-order valence-corrected chi connectivity index (χ2v) is 6.50. The Kier molecular flexibility index (Phi) is 8.52. The summed E-state index contributed by atoms with van der Waals surface area (Å²) in [5.41, 5.74) is 4.22. The van der Waals surface area contributed by atoms with Crippen LogP contribution in [0.15, 0.2) is 35.3 Å². The third kappa shape index (κ3) is 6.40. The standard InChI is InChI=1S/C21H31N5O2/c1-5-22-21(23-13-9-12-20(27)28-6-2)24-15-18-10-7-8-11-19(18)26-17(4)14-16(3)25-26/h7-8,10-11,14H,5-6,9,12-13,15H2,1-4H3,(H2,22,23,24). The van der Waals surface area contributed by atoms with Crippen molar-refractivity contribution in [1.82, 2.24) is 20.4 Å². The fourth-order valence-electron chi connectivity index (χ4n) is 2.90. The van der Waals surface area contributed by atoms with E-state index in [9.17, 15) is 4.79 Å². The molecule has 1 aromatic carbocycles. The number of nitrogens with one attached hydrogen (secondary N) is 2. The van der Waals surface area contributed by atoms with Crippen LogP contribution in [0, 0.1) is 13.8 Å². The number of benzene rings is 1. The first-order chi connectivity index (χ1) is 13.5. The van der Waals surface area contributed by atoms with Crippen LogP contribution in [0.5, 0.6) is 0 Å². The first kappa shape index (κ1) is 21.5. The number of guanidine groups is 1. The molecule has 0 aliphatic carbocycles. The molecular weight excluding hydrogens is 354 g/mol. The van der Waals surface area contributed by atoms with Gasteiger partial charge in [-0.3, -0.25) is 4.79 Å². The maximum absolute atomic E-state index is 11.4. The lowest BCUT2D eigenvalue weighted by atomic mass is 10.2. The summed E-state index contributed by atoms with van der Waals surface area (Å²) in [4.78, 5) is 16.1. The van der Waals surface area contributed by atoms with Crippen LogP contribution in [0.3, 0.4) is 0 Å². The smallest absolute Gasteiger partial charge is 0.305 e. The summed E-state index contributed by atoms with van der Waals surface area (Å²) in [6.45, 7) is 10.3. The van der Waals surface area contributed by atoms with Gasteiger partial charge in [0.05, 0.1) is 24.5 Å². The van der Waals surface area contributed by atoms with E-state index in [0.29, 0.717) is 32.5 Å². The van der Waals surface area contributed by atoms with Gasteiger partial charge in [0.25, 0.3) is 0 Å². The van der Waals surface area contributed by atoms with Gasteiger partial charge in [0.15, 0.2) is 5.96 Å². The summed E-state index contributed by atoms with van der Waals surface area (Å²) in [5.74, 6) is 0.569. The number of aryl methyl sites for hydroxylation is 2. The van der Waals surface area contributed by atoms with Crippen LogP contribution < -0.4 is 10.6 Å². The average molecular weight is 386 g/mol. The Labute approximate surface area is 167 Å². The Morgan fingerprint density at radius 2 is 2.00 bits per heavy atom. The molecule has 2 aromatic rings. The van der Waals surface area contributed by atoms with Gasteiger partial charge in [-0.25, -0.2) is 9.67 Å². The van der Waals surface area contributed by atoms with Crippen molar-refractivity contribution in [3.63, 3.8) is 0 Å². The molecule has 0 amide bonds. The van der Waals surface area contributed by atoms with Gasteiger partial charge in [-0.05, 0) is 51.8 Å². The minimum Gasteiger partial charge on any atom is -0.466 e. The molecule has 7 nitrogen and oxygen atoms in total. The molecule has 2 rings (SSSR count). The number of hydrogen-bond donors (Lipinski definition) is 2. The first-order valence-corrected chi connectivity index (χ1v) is 9.84. The maximum Gasteiger partial charge on any atom is 0.305 e. The van der Waals surface area contributed by atoms with Gasteiger partial charge in [0, 0.05) is 25.2 Å². The summed E-state index contributed by atoms with van der Waals surface area (Å²) in [6, 6.07) is 10.2. The van der Waals surface area contributed by atoms with Crippen molar-refractivity contribution in [2.45, 2.75) is 47.1 Å². The van der Waals surface area contributed by atoms with E-state index in [1.54, 1.807) is 0 Å². The highest BCUT2D eigenvalue weighted by Crippen LogP contribution is 2.17. The molecule has 2 N–H and O–H groups in total. The van der Waals surface area contributed by atoms with Gasteiger partial charge in [-0.15, -0.1) is 0 Å². The third-order valence-electron chi connectivity index (χ3n) is 4.14. The van der Waals surface area contributed by atoms with E-state index in [1.165, 1.54) is 0 Å². The summed E-state index contributed by atoms with van der Waals surface area (Å²) >= 11 is 0. The molecule has 28 heavy (non-hydrogen) atoms. The Hall–Kier alpha value is -2.83. The van der Waals surface area contributed by atoms with Gasteiger partial charge >= 0.3 is 5.97 Å². The van der Waals surface area contributed by atoms with E-state index < -0.39 is 0 Å². The minimum absolute atomic E-state index is 0.162. The topological polar surface area (TPSA) is 80.5 Å². The Balaban J connectivity index is 2.03. The van der Waals surface area contributed by atoms with E-state index in [0.717, 1.165) is 35.1 Å². The molecule has 152 valence electrons. The largest absolute Gasteiger partial charge is 0.466 e. The van der Waals surface area contributed by atoms with Crippen LogP contribution in [0.2, 0.25) is 0 Å². The second kappa shape index (κ2) is 11.1. The molecule has 0 saturated carbocycles. The molecule has 0 radical (unpaired) electrons. The number of nitrogens with zero attached hydrogens (tertiary/aromatic N) is 3. The minimum atomic E-state index is -0.162. The number of carbonyl (C=O) groups excluding carboxylic acids is 1. The molecule has 0 aliphatic rings. The zero-order chi connectivity index (χ0) is 20.4. The Morgan fingerprint density at radius 3 is 2.68 bits per heavy atom. The molecule has 0 unspecified atom stereocenters. The van der Waals surface area contributed by atoms with Crippen molar-refractivity contribution in [2.24, 2.45) is 4.99 Å². The van der Waals surface area contributed by atoms with Crippen LogP contribution in [0.1, 0.15) is 43.6 Å². The van der Waals surface area contributed by atoms with E-state index >= 15 is 0 Å². The first-order valence-electron chi connectivity index (χ1n) is 9.84. The normalized spacial score (nSPS) is 11.4. The molecule has 1 aromatic heterocycles. The second-order valence-electron chi connectivity index (χ2n) is 6.50. The Bertz CT molecular complexity index is 798. The van der Waals surface area contributed by atoms with Gasteiger partial charge in [-0.2, -0.15) is 5.10 Å². The highest BCUT2D eigenvalue weighted by Gasteiger charge is 2.09. The fourth-order valence-corrected chi connectivity index (χ4v) is 2.90. The summed E-state index contributed by atoms with van der Waals surface area (Å²) in [7, 11) is 0. The number of rotatable bonds is 9. The van der Waals surface area contributed by atoms with Gasteiger partial charge in [-0.1, -0.05) is 18.2 Å². The zero-order valence-electron chi connectivity index (χ0n) is 17.3. The highest BCUT2D eigenvalue weighted by atomic mass is 16.5. The van der Waals surface area contributed by atoms with E-state index in [1.807, 2.05) is 37.6 Å². The van der Waals surface area contributed by atoms with Crippen LogP contribution in [0.4, 0.5) is 0 Å². The van der Waals surface area contributed by atoms with Gasteiger partial charge in [0.1, 0.15) is 0 Å². The molecule has 0 saturated heterocycles. The molecule has 0 fully saturated rings. The lowest BCUT2D eigenvalue weighted by Gasteiger charge is -2.13. The van der Waals surface area contributed by atoms with Crippen LogP contribution in [-0.2, 0) is 16.1 Å². The summed E-state index contributed by atoms with van der Waals surface area (Å²) in [6.07, 6.45) is 1.10. The number of aromatic nitrogens is 2. The van der Waals surface area contributed by atoms with Crippen molar-refractivity contribution in [3.05, 3.63) is 47.3 Å². The van der Waals surface area contributed by atoms with E-state index in [4.69, 9.17) is 9.73 Å². The van der Waals surface area contributed by atoms with Crippen LogP contribution >= 0.6 is 0 Å². The molecule has 0 aliphatic heterocycles. The Morgan fingerprint density at radius 1 is 1.21 bits per heavy atom. The number of esters is 1. The maximum atomic E-state index is 11.4. The van der Waals surface area contributed by atoms with E-state index in [2.05, 4.69) is 40.9 Å². The zero-order valence-corrected chi connectivity index (χ0v) is 17.3. The lowest BCUT2D eigenvalue weighted by molar-refractivity contribution is -0.143. The molecule has 1 heterocycles. The van der Waals surface area contributed by atoms with Crippen molar-refractivity contribution in [1.29, 1.82) is 0 Å². The molecule has 0 atom stereocenters. The number of para-hydroxylation sites is 1. The van der Waals surface area contributed by atoms with Crippen molar-refractivity contribution < 1.29 is 9.53 Å². The molecule has 7 heteroatoms. The quantitative estimate of drug-likeness (QED) is 0.300. The number of aliphatic imine (C=N–C) groups is 1. The van der Waals surface area contributed by atoms with Gasteiger partial charge < -0.3 is 15.4 Å². The van der Waals surface area contributed by atoms with Crippen molar-refractivity contribution in [2.75, 3.05) is 19.7 Å². The SMILES string of the molecule is CCNC(=NCc1ccccc1-n1nc(C)cc1C)NCCCC(=O)OCC. The lowest BCUT2D eigenvalue weighted by Crippen LogP contribution is -2.37.